The maximum absolute atomic E-state index is 6.01. The van der Waals surface area contributed by atoms with Crippen LogP contribution in [0.1, 0.15) is 16.5 Å². The van der Waals surface area contributed by atoms with Gasteiger partial charge in [0.2, 0.25) is 0 Å². The summed E-state index contributed by atoms with van der Waals surface area (Å²) in [5.41, 5.74) is 0. The molecule has 0 aliphatic carbocycles. The molecule has 0 aliphatic heterocycles. The normalized spacial score (nSPS) is 11.1. The smallest absolute Gasteiger partial charge is 0.194 e. The summed E-state index contributed by atoms with van der Waals surface area (Å²) in [5, 5.41) is 14.4. The Labute approximate surface area is 203 Å². The maximum atomic E-state index is 6.01. The van der Waals surface area contributed by atoms with Crippen LogP contribution < -0.4 is 10.1 Å². The van der Waals surface area contributed by atoms with Crippen LogP contribution in [0.2, 0.25) is 5.02 Å². The van der Waals surface area contributed by atoms with Gasteiger partial charge < -0.3 is 19.5 Å². The highest BCUT2D eigenvalue weighted by Crippen LogP contribution is 2.17. The van der Waals surface area contributed by atoms with Crippen LogP contribution in [0.3, 0.4) is 0 Å². The Hall–Kier alpha value is -1.85. The summed E-state index contributed by atoms with van der Waals surface area (Å²) in [6, 6.07) is 11.6. The highest BCUT2D eigenvalue weighted by Gasteiger charge is 2.10. The van der Waals surface area contributed by atoms with E-state index in [9.17, 15) is 0 Å². The van der Waals surface area contributed by atoms with Crippen LogP contribution in [0.25, 0.3) is 0 Å². The predicted octanol–water partition coefficient (Wildman–Crippen LogP) is 4.11. The molecule has 0 unspecified atom stereocenters. The molecule has 2 aromatic heterocycles. The topological polar surface area (TPSA) is 67.6 Å². The van der Waals surface area contributed by atoms with E-state index in [0.717, 1.165) is 23.4 Å². The van der Waals surface area contributed by atoms with Crippen molar-refractivity contribution in [2.45, 2.75) is 20.0 Å². The lowest BCUT2D eigenvalue weighted by atomic mass is 10.3. The maximum Gasteiger partial charge on any atom is 0.194 e. The second-order valence-corrected chi connectivity index (χ2v) is 7.99. The van der Waals surface area contributed by atoms with Gasteiger partial charge in [0.15, 0.2) is 11.8 Å². The van der Waals surface area contributed by atoms with Crippen molar-refractivity contribution in [2.75, 3.05) is 20.2 Å². The van der Waals surface area contributed by atoms with Crippen molar-refractivity contribution in [3.05, 3.63) is 63.3 Å². The Morgan fingerprint density at radius 3 is 2.80 bits per heavy atom. The number of aromatic nitrogens is 3. The van der Waals surface area contributed by atoms with Gasteiger partial charge >= 0.3 is 0 Å². The van der Waals surface area contributed by atoms with E-state index in [2.05, 4.69) is 27.0 Å². The minimum atomic E-state index is 0. The second-order valence-electron chi connectivity index (χ2n) is 6.52. The first kappa shape index (κ1) is 24.4. The van der Waals surface area contributed by atoms with E-state index < -0.39 is 0 Å². The molecule has 0 spiro atoms. The van der Waals surface area contributed by atoms with Gasteiger partial charge in [0.25, 0.3) is 0 Å². The largest absolute Gasteiger partial charge is 0.492 e. The molecule has 30 heavy (non-hydrogen) atoms. The first-order valence-corrected chi connectivity index (χ1v) is 10.5. The molecule has 162 valence electrons. The Bertz CT molecular complexity index is 947. The second kappa shape index (κ2) is 12.1. The molecule has 0 saturated heterocycles. The third-order valence-electron chi connectivity index (χ3n) is 4.41. The highest BCUT2D eigenvalue weighted by molar-refractivity contribution is 14.0. The first-order chi connectivity index (χ1) is 14.0. The minimum absolute atomic E-state index is 0. The molecule has 0 saturated carbocycles. The molecule has 0 amide bonds. The van der Waals surface area contributed by atoms with Crippen LogP contribution >= 0.6 is 46.9 Å². The molecule has 1 N–H and O–H groups in total. The van der Waals surface area contributed by atoms with Crippen LogP contribution in [0.4, 0.5) is 0 Å². The molecule has 0 radical (unpaired) electrons. The van der Waals surface area contributed by atoms with Crippen molar-refractivity contribution in [2.24, 2.45) is 12.0 Å². The summed E-state index contributed by atoms with van der Waals surface area (Å²) in [6.07, 6.45) is 0. The summed E-state index contributed by atoms with van der Waals surface area (Å²) in [6.45, 7) is 4.27. The minimum Gasteiger partial charge on any atom is -0.492 e. The molecule has 0 bridgehead atoms. The number of benzene rings is 1. The standard InChI is InChI=1S/C20H25ClN6OS.HI/c1-15-24-25-19(27(15)3)14-23-20(22-13-18-8-5-11-29-18)26(2)9-10-28-17-7-4-6-16(21)12-17;/h4-8,11-12H,9-10,13-14H2,1-3H3,(H,22,23);1H. The Kier molecular flexibility index (Phi) is 9.86. The lowest BCUT2D eigenvalue weighted by Gasteiger charge is -2.22. The predicted molar refractivity (Wildman–Crippen MR) is 133 cm³/mol. The zero-order valence-corrected chi connectivity index (χ0v) is 21.1. The van der Waals surface area contributed by atoms with Crippen LogP contribution in [0, 0.1) is 6.92 Å². The number of ether oxygens (including phenoxy) is 1. The number of nitrogens with zero attached hydrogens (tertiary/aromatic N) is 5. The third-order valence-corrected chi connectivity index (χ3v) is 5.52. The van der Waals surface area contributed by atoms with Crippen LogP contribution in [-0.4, -0.2) is 45.8 Å². The Balaban J connectivity index is 0.00000320. The van der Waals surface area contributed by atoms with E-state index in [0.29, 0.717) is 31.3 Å². The summed E-state index contributed by atoms with van der Waals surface area (Å²) >= 11 is 7.72. The fourth-order valence-electron chi connectivity index (χ4n) is 2.59. The lowest BCUT2D eigenvalue weighted by Crippen LogP contribution is -2.40. The van der Waals surface area contributed by atoms with Gasteiger partial charge in [-0.2, -0.15) is 0 Å². The quantitative estimate of drug-likeness (QED) is 0.255. The van der Waals surface area contributed by atoms with Crippen LogP contribution in [0.5, 0.6) is 5.75 Å². The van der Waals surface area contributed by atoms with Gasteiger partial charge in [-0.15, -0.1) is 45.5 Å². The number of aliphatic imine (C=N–C) groups is 1. The Morgan fingerprint density at radius 1 is 1.30 bits per heavy atom. The average molecular weight is 561 g/mol. The summed E-state index contributed by atoms with van der Waals surface area (Å²) < 4.78 is 7.76. The van der Waals surface area contributed by atoms with Crippen LogP contribution in [-0.2, 0) is 20.1 Å². The van der Waals surface area contributed by atoms with E-state index >= 15 is 0 Å². The summed E-state index contributed by atoms with van der Waals surface area (Å²) in [5.74, 6) is 3.23. The van der Waals surface area contributed by atoms with Crippen molar-refractivity contribution in [3.8, 4) is 5.75 Å². The van der Waals surface area contributed by atoms with Crippen molar-refractivity contribution < 1.29 is 4.74 Å². The lowest BCUT2D eigenvalue weighted by molar-refractivity contribution is 0.281. The summed E-state index contributed by atoms with van der Waals surface area (Å²) in [4.78, 5) is 8.03. The molecule has 3 aromatic rings. The van der Waals surface area contributed by atoms with Crippen molar-refractivity contribution in [1.29, 1.82) is 0 Å². The number of nitrogens with one attached hydrogen (secondary N) is 1. The molecule has 0 fully saturated rings. The molecular weight excluding hydrogens is 535 g/mol. The third kappa shape index (κ3) is 7.13. The van der Waals surface area contributed by atoms with Crippen molar-refractivity contribution in [3.63, 3.8) is 0 Å². The molecular formula is C20H26ClIN6OS. The number of guanidine groups is 1. The van der Waals surface area contributed by atoms with Gasteiger partial charge in [-0.3, -0.25) is 0 Å². The van der Waals surface area contributed by atoms with Gasteiger partial charge in [-0.25, -0.2) is 4.99 Å². The number of rotatable bonds is 8. The van der Waals surface area contributed by atoms with Gasteiger partial charge in [0, 0.05) is 24.0 Å². The number of hydrogen-bond donors (Lipinski definition) is 1. The molecule has 0 atom stereocenters. The summed E-state index contributed by atoms with van der Waals surface area (Å²) in [7, 11) is 3.94. The van der Waals surface area contributed by atoms with E-state index in [1.54, 1.807) is 11.3 Å². The van der Waals surface area contributed by atoms with Crippen molar-refractivity contribution >= 4 is 52.9 Å². The van der Waals surface area contributed by atoms with Gasteiger partial charge in [-0.1, -0.05) is 23.7 Å². The molecule has 7 nitrogen and oxygen atoms in total. The monoisotopic (exact) mass is 560 g/mol. The average Bonchev–Trinajstić information content (AvgIpc) is 3.33. The van der Waals surface area contributed by atoms with Gasteiger partial charge in [0.05, 0.1) is 13.1 Å². The van der Waals surface area contributed by atoms with Crippen LogP contribution in [0.15, 0.2) is 46.8 Å². The number of aryl methyl sites for hydroxylation is 1. The van der Waals surface area contributed by atoms with E-state index in [-0.39, 0.29) is 24.0 Å². The molecule has 3 rings (SSSR count). The van der Waals surface area contributed by atoms with E-state index in [1.165, 1.54) is 4.88 Å². The number of thiophene rings is 1. The Morgan fingerprint density at radius 2 is 2.13 bits per heavy atom. The molecule has 0 aliphatic rings. The zero-order valence-electron chi connectivity index (χ0n) is 17.2. The number of hydrogen-bond acceptors (Lipinski definition) is 5. The van der Waals surface area contributed by atoms with E-state index in [1.807, 2.05) is 60.8 Å². The molecule has 2 heterocycles. The SMILES string of the molecule is Cc1nnc(CN=C(NCc2cccs2)N(C)CCOc2cccc(Cl)c2)n1C.I. The molecule has 1 aromatic carbocycles. The van der Waals surface area contributed by atoms with Gasteiger partial charge in [0.1, 0.15) is 24.7 Å². The highest BCUT2D eigenvalue weighted by atomic mass is 127. The van der Waals surface area contributed by atoms with Crippen molar-refractivity contribution in [1.82, 2.24) is 25.0 Å². The van der Waals surface area contributed by atoms with E-state index in [4.69, 9.17) is 21.3 Å². The number of likely N-dealkylation sites (N-methyl/N-ethyl adjacent to an activating group) is 1. The zero-order chi connectivity index (χ0) is 20.6. The number of halogens is 2. The first-order valence-electron chi connectivity index (χ1n) is 9.28. The van der Waals surface area contributed by atoms with Gasteiger partial charge in [-0.05, 0) is 36.6 Å². The fourth-order valence-corrected chi connectivity index (χ4v) is 3.41. The molecule has 10 heteroatoms. The fraction of sp³-hybridized carbons (Fsp3) is 0.350.